The van der Waals surface area contributed by atoms with Gasteiger partial charge in [0.05, 0.1) is 0 Å². The van der Waals surface area contributed by atoms with Crippen LogP contribution in [0.2, 0.25) is 0 Å². The van der Waals surface area contributed by atoms with E-state index in [1.165, 1.54) is 51.7 Å². The molecule has 2 nitrogen and oxygen atoms in total. The Morgan fingerprint density at radius 1 is 1.16 bits per heavy atom. The molecule has 2 fully saturated rings. The molecule has 19 heavy (non-hydrogen) atoms. The average molecular weight is 266 g/mol. The first-order valence-electron chi connectivity index (χ1n) is 8.27. The molecule has 2 unspecified atom stereocenters. The molecule has 0 radical (unpaired) electrons. The largest absolute Gasteiger partial charge is 0.312 e. The number of rotatable bonds is 3. The van der Waals surface area contributed by atoms with Gasteiger partial charge >= 0.3 is 0 Å². The molecule has 0 aromatic carbocycles. The molecular weight excluding hydrogens is 232 g/mol. The predicted octanol–water partition coefficient (Wildman–Crippen LogP) is 3.67. The van der Waals surface area contributed by atoms with Gasteiger partial charge in [0.15, 0.2) is 0 Å². The monoisotopic (exact) mass is 266 g/mol. The van der Waals surface area contributed by atoms with E-state index in [4.69, 9.17) is 0 Å². The predicted molar refractivity (Wildman–Crippen MR) is 83.5 cm³/mol. The zero-order valence-corrected chi connectivity index (χ0v) is 13.8. The molecule has 2 aliphatic rings. The van der Waals surface area contributed by atoms with Crippen molar-refractivity contribution in [2.75, 3.05) is 19.6 Å². The Bertz CT molecular complexity index is 290. The zero-order valence-electron chi connectivity index (χ0n) is 13.8. The van der Waals surface area contributed by atoms with Crippen LogP contribution in [0.4, 0.5) is 0 Å². The van der Waals surface area contributed by atoms with Crippen LogP contribution < -0.4 is 5.32 Å². The Morgan fingerprint density at radius 2 is 1.89 bits per heavy atom. The summed E-state index contributed by atoms with van der Waals surface area (Å²) in [5.41, 5.74) is 0.794. The van der Waals surface area contributed by atoms with Crippen LogP contribution in [-0.2, 0) is 0 Å². The van der Waals surface area contributed by atoms with E-state index in [1.807, 2.05) is 0 Å². The van der Waals surface area contributed by atoms with Crippen molar-refractivity contribution >= 4 is 0 Å². The van der Waals surface area contributed by atoms with Gasteiger partial charge in [-0.15, -0.1) is 0 Å². The lowest BCUT2D eigenvalue weighted by Crippen LogP contribution is -2.46. The molecule has 2 heteroatoms. The van der Waals surface area contributed by atoms with Gasteiger partial charge in [-0.25, -0.2) is 0 Å². The van der Waals surface area contributed by atoms with Crippen molar-refractivity contribution in [3.8, 4) is 0 Å². The highest BCUT2D eigenvalue weighted by Gasteiger charge is 2.39. The summed E-state index contributed by atoms with van der Waals surface area (Å²) in [5.74, 6) is 0.858. The van der Waals surface area contributed by atoms with Crippen LogP contribution in [0.1, 0.15) is 66.7 Å². The first-order valence-corrected chi connectivity index (χ1v) is 8.27. The van der Waals surface area contributed by atoms with E-state index in [9.17, 15) is 0 Å². The van der Waals surface area contributed by atoms with E-state index in [2.05, 4.69) is 44.8 Å². The Kier molecular flexibility index (Phi) is 4.62. The summed E-state index contributed by atoms with van der Waals surface area (Å²) in [6.45, 7) is 15.6. The Hall–Kier alpha value is -0.0800. The lowest BCUT2D eigenvalue weighted by molar-refractivity contribution is 0.0635. The highest BCUT2D eigenvalue weighted by molar-refractivity contribution is 4.93. The summed E-state index contributed by atoms with van der Waals surface area (Å²) in [4.78, 5) is 2.80. The van der Waals surface area contributed by atoms with E-state index in [1.54, 1.807) is 0 Å². The molecule has 1 aliphatic heterocycles. The van der Waals surface area contributed by atoms with Crippen LogP contribution in [0.5, 0.6) is 0 Å². The van der Waals surface area contributed by atoms with Gasteiger partial charge in [-0.3, -0.25) is 4.90 Å². The number of nitrogens with zero attached hydrogens (tertiary/aromatic N) is 1. The maximum absolute atomic E-state index is 3.68. The Labute approximate surface area is 120 Å². The first kappa shape index (κ1) is 15.3. The van der Waals surface area contributed by atoms with Gasteiger partial charge in [-0.1, -0.05) is 26.7 Å². The minimum atomic E-state index is 0.261. The topological polar surface area (TPSA) is 15.3 Å². The number of hydrogen-bond acceptors (Lipinski definition) is 2. The highest BCUT2D eigenvalue weighted by Crippen LogP contribution is 2.40. The third kappa shape index (κ3) is 4.19. The summed E-state index contributed by atoms with van der Waals surface area (Å²) < 4.78 is 0. The highest BCUT2D eigenvalue weighted by atomic mass is 15.2. The molecule has 0 aromatic rings. The van der Waals surface area contributed by atoms with Crippen LogP contribution in [0.3, 0.4) is 0 Å². The molecule has 1 aliphatic carbocycles. The average Bonchev–Trinajstić information content (AvgIpc) is 2.73. The van der Waals surface area contributed by atoms with Crippen LogP contribution in [-0.4, -0.2) is 36.1 Å². The molecule has 0 spiro atoms. The fraction of sp³-hybridized carbons (Fsp3) is 1.00. The third-order valence-electron chi connectivity index (χ3n) is 5.13. The molecule has 1 saturated heterocycles. The minimum absolute atomic E-state index is 0.261. The summed E-state index contributed by atoms with van der Waals surface area (Å²) >= 11 is 0. The minimum Gasteiger partial charge on any atom is -0.312 e. The quantitative estimate of drug-likeness (QED) is 0.838. The van der Waals surface area contributed by atoms with Gasteiger partial charge < -0.3 is 5.32 Å². The van der Waals surface area contributed by atoms with Crippen LogP contribution >= 0.6 is 0 Å². The molecule has 112 valence electrons. The second-order valence-electron chi connectivity index (χ2n) is 8.53. The molecule has 0 aromatic heterocycles. The Balaban J connectivity index is 1.84. The van der Waals surface area contributed by atoms with Crippen molar-refractivity contribution in [1.29, 1.82) is 0 Å². The van der Waals surface area contributed by atoms with Crippen molar-refractivity contribution in [1.82, 2.24) is 10.2 Å². The standard InChI is InChI=1S/C17H34N2/c1-16(2,3)18-12-14-9-11-19(13-14)15-8-6-7-10-17(15,4)5/h14-15,18H,6-13H2,1-5H3. The SMILES string of the molecule is CC(C)(C)NCC1CCN(C2CCCCC2(C)C)C1. The van der Waals surface area contributed by atoms with E-state index in [0.717, 1.165) is 12.0 Å². The van der Waals surface area contributed by atoms with Gasteiger partial charge in [-0.2, -0.15) is 0 Å². The van der Waals surface area contributed by atoms with Crippen molar-refractivity contribution in [2.45, 2.75) is 78.3 Å². The summed E-state index contributed by atoms with van der Waals surface area (Å²) in [7, 11) is 0. The number of likely N-dealkylation sites (tertiary alicyclic amines) is 1. The maximum Gasteiger partial charge on any atom is 0.0146 e. The van der Waals surface area contributed by atoms with Crippen molar-refractivity contribution < 1.29 is 0 Å². The number of nitrogens with one attached hydrogen (secondary N) is 1. The van der Waals surface area contributed by atoms with Crippen molar-refractivity contribution in [3.05, 3.63) is 0 Å². The summed E-state index contributed by atoms with van der Waals surface area (Å²) in [6, 6.07) is 0.834. The molecular formula is C17H34N2. The second-order valence-corrected chi connectivity index (χ2v) is 8.53. The van der Waals surface area contributed by atoms with Gasteiger partial charge in [0.25, 0.3) is 0 Å². The summed E-state index contributed by atoms with van der Waals surface area (Å²) in [5, 5.41) is 3.68. The molecule has 1 saturated carbocycles. The van der Waals surface area contributed by atoms with E-state index < -0.39 is 0 Å². The van der Waals surface area contributed by atoms with E-state index in [0.29, 0.717) is 5.41 Å². The fourth-order valence-corrected chi connectivity index (χ4v) is 3.92. The van der Waals surface area contributed by atoms with Gasteiger partial charge in [0.2, 0.25) is 0 Å². The van der Waals surface area contributed by atoms with Crippen molar-refractivity contribution in [3.63, 3.8) is 0 Å². The molecule has 0 bridgehead atoms. The van der Waals surface area contributed by atoms with Gasteiger partial charge in [0, 0.05) is 18.1 Å². The van der Waals surface area contributed by atoms with E-state index >= 15 is 0 Å². The first-order chi connectivity index (χ1) is 8.78. The normalized spacial score (nSPS) is 32.7. The third-order valence-corrected chi connectivity index (χ3v) is 5.13. The molecule has 1 heterocycles. The van der Waals surface area contributed by atoms with Crippen LogP contribution in [0, 0.1) is 11.3 Å². The van der Waals surface area contributed by atoms with Crippen LogP contribution in [0.25, 0.3) is 0 Å². The van der Waals surface area contributed by atoms with Crippen molar-refractivity contribution in [2.24, 2.45) is 11.3 Å². The van der Waals surface area contributed by atoms with Crippen LogP contribution in [0.15, 0.2) is 0 Å². The Morgan fingerprint density at radius 3 is 2.53 bits per heavy atom. The maximum atomic E-state index is 3.68. The van der Waals surface area contributed by atoms with Gasteiger partial charge in [-0.05, 0) is 64.5 Å². The molecule has 1 N–H and O–H groups in total. The van der Waals surface area contributed by atoms with E-state index in [-0.39, 0.29) is 5.54 Å². The zero-order chi connectivity index (χ0) is 14.1. The lowest BCUT2D eigenvalue weighted by Gasteiger charge is -2.44. The summed E-state index contributed by atoms with van der Waals surface area (Å²) in [6.07, 6.45) is 7.10. The van der Waals surface area contributed by atoms with Gasteiger partial charge in [0.1, 0.15) is 0 Å². The lowest BCUT2D eigenvalue weighted by atomic mass is 9.72. The molecule has 0 amide bonds. The molecule has 2 rings (SSSR count). The smallest absolute Gasteiger partial charge is 0.0146 e. The molecule has 2 atom stereocenters. The number of hydrogen-bond donors (Lipinski definition) is 1. The second kappa shape index (κ2) is 5.73. The fourth-order valence-electron chi connectivity index (χ4n) is 3.92.